The third-order valence-corrected chi connectivity index (χ3v) is 4.57. The lowest BCUT2D eigenvalue weighted by Crippen LogP contribution is -2.40. The zero-order valence-electron chi connectivity index (χ0n) is 11.4. The third kappa shape index (κ3) is 2.23. The number of carbonyl (C=O) groups is 2. The molecule has 0 radical (unpaired) electrons. The summed E-state index contributed by atoms with van der Waals surface area (Å²) in [5.74, 6) is -0.346. The van der Waals surface area contributed by atoms with Gasteiger partial charge in [-0.2, -0.15) is 0 Å². The van der Waals surface area contributed by atoms with E-state index in [-0.39, 0.29) is 35.9 Å². The van der Waals surface area contributed by atoms with Crippen molar-refractivity contribution < 1.29 is 14.0 Å². The van der Waals surface area contributed by atoms with Crippen molar-refractivity contribution >= 4 is 11.7 Å². The molecule has 4 heteroatoms. The molecule has 2 fully saturated rings. The summed E-state index contributed by atoms with van der Waals surface area (Å²) >= 11 is 0. The number of ketones is 1. The average molecular weight is 275 g/mol. The standard InChI is InChI=1S/C16H18FNO2/c17-14-6-2-1-5-13(14)16(7-3-4-8-16)11-18-10-12(19)9-15(18)20/h1-2,5-6H,3-4,7-11H2. The summed E-state index contributed by atoms with van der Waals surface area (Å²) in [5, 5.41) is 0. The third-order valence-electron chi connectivity index (χ3n) is 4.57. The van der Waals surface area contributed by atoms with Crippen LogP contribution in [0, 0.1) is 5.82 Å². The number of likely N-dealkylation sites (tertiary alicyclic amines) is 1. The molecule has 1 aromatic rings. The van der Waals surface area contributed by atoms with E-state index in [1.54, 1.807) is 11.0 Å². The summed E-state index contributed by atoms with van der Waals surface area (Å²) < 4.78 is 14.2. The molecule has 0 N–H and O–H groups in total. The molecule has 1 saturated carbocycles. The predicted octanol–water partition coefficient (Wildman–Crippen LogP) is 2.44. The summed E-state index contributed by atoms with van der Waals surface area (Å²) in [6.45, 7) is 0.660. The minimum absolute atomic E-state index is 0.00729. The Kier molecular flexibility index (Phi) is 3.32. The Morgan fingerprint density at radius 2 is 1.85 bits per heavy atom. The highest BCUT2D eigenvalue weighted by Gasteiger charge is 2.42. The van der Waals surface area contributed by atoms with E-state index in [0.717, 1.165) is 25.7 Å². The number of hydrogen-bond donors (Lipinski definition) is 0. The van der Waals surface area contributed by atoms with E-state index in [2.05, 4.69) is 0 Å². The Labute approximate surface area is 117 Å². The largest absolute Gasteiger partial charge is 0.334 e. The van der Waals surface area contributed by atoms with E-state index >= 15 is 0 Å². The van der Waals surface area contributed by atoms with Crippen molar-refractivity contribution in [3.63, 3.8) is 0 Å². The minimum atomic E-state index is -0.314. The molecule has 1 heterocycles. The highest BCUT2D eigenvalue weighted by molar-refractivity contribution is 6.05. The van der Waals surface area contributed by atoms with Crippen LogP contribution in [0.25, 0.3) is 0 Å². The molecule has 1 aliphatic heterocycles. The van der Waals surface area contributed by atoms with Crippen LogP contribution in [0.3, 0.4) is 0 Å². The average Bonchev–Trinajstić information content (AvgIpc) is 2.99. The first-order valence-electron chi connectivity index (χ1n) is 7.15. The lowest BCUT2D eigenvalue weighted by molar-refractivity contribution is -0.128. The summed E-state index contributed by atoms with van der Waals surface area (Å²) in [4.78, 5) is 24.9. The van der Waals surface area contributed by atoms with Gasteiger partial charge in [-0.1, -0.05) is 31.0 Å². The molecule has 20 heavy (non-hydrogen) atoms. The molecule has 3 nitrogen and oxygen atoms in total. The maximum Gasteiger partial charge on any atom is 0.230 e. The van der Waals surface area contributed by atoms with Gasteiger partial charge in [-0.3, -0.25) is 9.59 Å². The van der Waals surface area contributed by atoms with Crippen LogP contribution in [-0.4, -0.2) is 29.7 Å². The summed E-state index contributed by atoms with van der Waals surface area (Å²) in [6.07, 6.45) is 3.86. The molecule has 1 saturated heterocycles. The van der Waals surface area contributed by atoms with E-state index in [9.17, 15) is 14.0 Å². The van der Waals surface area contributed by atoms with Gasteiger partial charge in [-0.05, 0) is 24.5 Å². The molecular weight excluding hydrogens is 257 g/mol. The normalized spacial score (nSPS) is 21.8. The highest BCUT2D eigenvalue weighted by Crippen LogP contribution is 2.43. The molecule has 1 amide bonds. The van der Waals surface area contributed by atoms with Crippen molar-refractivity contribution in [3.05, 3.63) is 35.6 Å². The van der Waals surface area contributed by atoms with Crippen molar-refractivity contribution in [2.45, 2.75) is 37.5 Å². The van der Waals surface area contributed by atoms with Gasteiger partial charge in [-0.15, -0.1) is 0 Å². The van der Waals surface area contributed by atoms with Gasteiger partial charge < -0.3 is 4.90 Å². The zero-order chi connectivity index (χ0) is 14.2. The van der Waals surface area contributed by atoms with Gasteiger partial charge in [0, 0.05) is 12.0 Å². The number of nitrogens with zero attached hydrogens (tertiary/aromatic N) is 1. The van der Waals surface area contributed by atoms with Crippen molar-refractivity contribution in [3.8, 4) is 0 Å². The maximum atomic E-state index is 14.2. The Hall–Kier alpha value is -1.71. The Morgan fingerprint density at radius 3 is 2.45 bits per heavy atom. The smallest absolute Gasteiger partial charge is 0.230 e. The van der Waals surface area contributed by atoms with Gasteiger partial charge in [0.2, 0.25) is 5.91 Å². The van der Waals surface area contributed by atoms with Crippen LogP contribution in [0.5, 0.6) is 0 Å². The van der Waals surface area contributed by atoms with Crippen LogP contribution >= 0.6 is 0 Å². The summed E-state index contributed by atoms with van der Waals surface area (Å²) in [5.41, 5.74) is 0.385. The Bertz CT molecular complexity index is 549. The van der Waals surface area contributed by atoms with E-state index in [4.69, 9.17) is 0 Å². The lowest BCUT2D eigenvalue weighted by Gasteiger charge is -2.34. The first kappa shape index (κ1) is 13.3. The van der Waals surface area contributed by atoms with Gasteiger partial charge in [0.05, 0.1) is 13.0 Å². The quantitative estimate of drug-likeness (QED) is 0.795. The van der Waals surface area contributed by atoms with E-state index < -0.39 is 0 Å². The second kappa shape index (κ2) is 5.00. The number of amides is 1. The minimum Gasteiger partial charge on any atom is -0.334 e. The van der Waals surface area contributed by atoms with E-state index in [1.807, 2.05) is 12.1 Å². The number of carbonyl (C=O) groups excluding carboxylic acids is 2. The van der Waals surface area contributed by atoms with Crippen molar-refractivity contribution in [2.75, 3.05) is 13.1 Å². The molecule has 1 aliphatic carbocycles. The van der Waals surface area contributed by atoms with Crippen LogP contribution in [-0.2, 0) is 15.0 Å². The first-order chi connectivity index (χ1) is 9.61. The fourth-order valence-electron chi connectivity index (χ4n) is 3.60. The summed E-state index contributed by atoms with van der Waals surface area (Å²) in [7, 11) is 0. The molecule has 106 valence electrons. The first-order valence-corrected chi connectivity index (χ1v) is 7.15. The Balaban J connectivity index is 1.91. The fourth-order valence-corrected chi connectivity index (χ4v) is 3.60. The van der Waals surface area contributed by atoms with Gasteiger partial charge in [0.1, 0.15) is 5.82 Å². The molecule has 3 rings (SSSR count). The summed E-state index contributed by atoms with van der Waals surface area (Å²) in [6, 6.07) is 6.83. The van der Waals surface area contributed by atoms with Gasteiger partial charge in [0.25, 0.3) is 0 Å². The van der Waals surface area contributed by atoms with Crippen LogP contribution in [0.2, 0.25) is 0 Å². The number of benzene rings is 1. The molecule has 0 atom stereocenters. The molecule has 0 bridgehead atoms. The molecular formula is C16H18FNO2. The van der Waals surface area contributed by atoms with E-state index in [1.165, 1.54) is 6.07 Å². The molecule has 0 aromatic heterocycles. The van der Waals surface area contributed by atoms with Crippen LogP contribution in [0.4, 0.5) is 4.39 Å². The lowest BCUT2D eigenvalue weighted by atomic mass is 9.78. The maximum absolute atomic E-state index is 14.2. The van der Waals surface area contributed by atoms with Crippen LogP contribution in [0.1, 0.15) is 37.7 Å². The predicted molar refractivity (Wildman–Crippen MR) is 72.8 cm³/mol. The van der Waals surface area contributed by atoms with Gasteiger partial charge >= 0.3 is 0 Å². The number of Topliss-reactive ketones (excluding diaryl/α,β-unsaturated/α-hetero) is 1. The van der Waals surface area contributed by atoms with Crippen molar-refractivity contribution in [2.24, 2.45) is 0 Å². The topological polar surface area (TPSA) is 37.4 Å². The van der Waals surface area contributed by atoms with Gasteiger partial charge in [-0.25, -0.2) is 4.39 Å². The van der Waals surface area contributed by atoms with Crippen LogP contribution < -0.4 is 0 Å². The van der Waals surface area contributed by atoms with Crippen molar-refractivity contribution in [1.82, 2.24) is 4.90 Å². The molecule has 0 spiro atoms. The second-order valence-corrected chi connectivity index (χ2v) is 5.93. The number of hydrogen-bond acceptors (Lipinski definition) is 2. The monoisotopic (exact) mass is 275 g/mol. The molecule has 0 unspecified atom stereocenters. The van der Waals surface area contributed by atoms with E-state index in [0.29, 0.717) is 12.1 Å². The Morgan fingerprint density at radius 1 is 1.15 bits per heavy atom. The molecule has 1 aromatic carbocycles. The van der Waals surface area contributed by atoms with Gasteiger partial charge in [0.15, 0.2) is 5.78 Å². The second-order valence-electron chi connectivity index (χ2n) is 5.93. The highest BCUT2D eigenvalue weighted by atomic mass is 19.1. The SMILES string of the molecule is O=C1CC(=O)N(CC2(c3ccccc3F)CCCC2)C1. The van der Waals surface area contributed by atoms with Crippen molar-refractivity contribution in [1.29, 1.82) is 0 Å². The molecule has 2 aliphatic rings. The number of rotatable bonds is 3. The zero-order valence-corrected chi connectivity index (χ0v) is 11.4. The number of halogens is 1. The van der Waals surface area contributed by atoms with Crippen LogP contribution in [0.15, 0.2) is 24.3 Å². The fraction of sp³-hybridized carbons (Fsp3) is 0.500.